The molecule has 3 fully saturated rings. The molecule has 6 rings (SSSR count). The first-order chi connectivity index (χ1) is 14.2. The van der Waals surface area contributed by atoms with Gasteiger partial charge in [0.2, 0.25) is 11.8 Å². The zero-order chi connectivity index (χ0) is 19.5. The van der Waals surface area contributed by atoms with Gasteiger partial charge in [-0.2, -0.15) is 0 Å². The van der Waals surface area contributed by atoms with E-state index in [9.17, 15) is 9.59 Å². The van der Waals surface area contributed by atoms with Gasteiger partial charge in [-0.25, -0.2) is 4.90 Å². The smallest absolute Gasteiger partial charge is 0.239 e. The van der Waals surface area contributed by atoms with Crippen molar-refractivity contribution in [1.29, 1.82) is 0 Å². The Bertz CT molecular complexity index is 1130. The summed E-state index contributed by atoms with van der Waals surface area (Å²) in [6.45, 7) is 0.919. The average Bonchev–Trinajstić information content (AvgIpc) is 3.40. The summed E-state index contributed by atoms with van der Waals surface area (Å²) >= 11 is 0. The third kappa shape index (κ3) is 2.34. The molecule has 0 aliphatic carbocycles. The fraction of sp³-hybridized carbons (Fsp3) is 0.292. The number of amides is 2. The van der Waals surface area contributed by atoms with Crippen molar-refractivity contribution in [2.24, 2.45) is 11.8 Å². The fourth-order valence-corrected chi connectivity index (χ4v) is 5.63. The lowest BCUT2D eigenvalue weighted by Crippen LogP contribution is -2.39. The lowest BCUT2D eigenvalue weighted by molar-refractivity contribution is -0.123. The third-order valence-corrected chi connectivity index (χ3v) is 6.79. The van der Waals surface area contributed by atoms with Crippen LogP contribution in [-0.2, 0) is 9.59 Å². The van der Waals surface area contributed by atoms with Gasteiger partial charge in [0.15, 0.2) is 0 Å². The highest BCUT2D eigenvalue weighted by molar-refractivity contribution is 6.22. The van der Waals surface area contributed by atoms with Crippen LogP contribution in [0.5, 0.6) is 0 Å². The molecule has 5 nitrogen and oxygen atoms in total. The van der Waals surface area contributed by atoms with Crippen LogP contribution in [0.2, 0.25) is 0 Å². The fourth-order valence-electron chi connectivity index (χ4n) is 5.63. The lowest BCUT2D eigenvalue weighted by Gasteiger charge is -2.28. The van der Waals surface area contributed by atoms with Crippen molar-refractivity contribution in [2.75, 3.05) is 11.4 Å². The number of pyridine rings is 1. The third-order valence-electron chi connectivity index (χ3n) is 6.79. The molecule has 4 atom stereocenters. The standard InChI is InChI=1S/C24H21N3O2/c28-23-20-19-11-6-14-26(19)22(18-13-12-15-7-4-5-10-17(15)25-18)21(20)24(29)27(23)16-8-2-1-3-9-16/h1-5,7-10,12-13,19-22H,6,11,14H2/t19-,20+,21+,22+/m1/s1. The zero-order valence-corrected chi connectivity index (χ0v) is 15.9. The van der Waals surface area contributed by atoms with Crippen molar-refractivity contribution in [3.05, 3.63) is 72.4 Å². The molecule has 3 aromatic rings. The van der Waals surface area contributed by atoms with E-state index in [2.05, 4.69) is 11.0 Å². The maximum absolute atomic E-state index is 13.5. The first-order valence-electron chi connectivity index (χ1n) is 10.3. The van der Waals surface area contributed by atoms with E-state index in [1.165, 1.54) is 4.90 Å². The summed E-state index contributed by atoms with van der Waals surface area (Å²) in [5.74, 6) is -0.767. The SMILES string of the molecule is O=C1[C@@H]2[C@H](C(=O)N1c1ccccc1)[C@H](c1ccc3ccccc3n1)N1CCC[C@H]21. The van der Waals surface area contributed by atoms with Crippen molar-refractivity contribution >= 4 is 28.4 Å². The Morgan fingerprint density at radius 1 is 0.828 bits per heavy atom. The summed E-state index contributed by atoms with van der Waals surface area (Å²) in [5, 5.41) is 1.09. The Labute approximate surface area is 168 Å². The summed E-state index contributed by atoms with van der Waals surface area (Å²) in [6, 6.07) is 21.5. The van der Waals surface area contributed by atoms with Gasteiger partial charge in [-0.1, -0.05) is 42.5 Å². The molecule has 3 aliphatic rings. The highest BCUT2D eigenvalue weighted by atomic mass is 16.2. The van der Waals surface area contributed by atoms with E-state index >= 15 is 0 Å². The Kier molecular flexibility index (Phi) is 3.62. The number of hydrogen-bond donors (Lipinski definition) is 0. The number of hydrogen-bond acceptors (Lipinski definition) is 4. The average molecular weight is 383 g/mol. The first-order valence-corrected chi connectivity index (χ1v) is 10.3. The zero-order valence-electron chi connectivity index (χ0n) is 15.9. The second-order valence-corrected chi connectivity index (χ2v) is 8.22. The molecule has 0 N–H and O–H groups in total. The number of carbonyl (C=O) groups is 2. The van der Waals surface area contributed by atoms with E-state index < -0.39 is 0 Å². The monoisotopic (exact) mass is 383 g/mol. The minimum atomic E-state index is -0.360. The van der Waals surface area contributed by atoms with Crippen molar-refractivity contribution < 1.29 is 9.59 Å². The number of nitrogens with zero attached hydrogens (tertiary/aromatic N) is 3. The highest BCUT2D eigenvalue weighted by Gasteiger charge is 2.63. The van der Waals surface area contributed by atoms with Gasteiger partial charge in [-0.3, -0.25) is 19.5 Å². The number of carbonyl (C=O) groups excluding carboxylic acids is 2. The quantitative estimate of drug-likeness (QED) is 0.635. The normalized spacial score (nSPS) is 28.9. The molecule has 2 amide bonds. The van der Waals surface area contributed by atoms with Crippen LogP contribution < -0.4 is 4.90 Å². The van der Waals surface area contributed by atoms with E-state index in [1.807, 2.05) is 60.7 Å². The van der Waals surface area contributed by atoms with Crippen molar-refractivity contribution in [1.82, 2.24) is 9.88 Å². The molecule has 4 heterocycles. The molecular formula is C24H21N3O2. The molecular weight excluding hydrogens is 362 g/mol. The van der Waals surface area contributed by atoms with Crippen LogP contribution in [0.25, 0.3) is 10.9 Å². The molecule has 0 unspecified atom stereocenters. The minimum Gasteiger partial charge on any atom is -0.290 e. The van der Waals surface area contributed by atoms with Gasteiger partial charge in [0.25, 0.3) is 0 Å². The summed E-state index contributed by atoms with van der Waals surface area (Å²) in [5.41, 5.74) is 2.51. The van der Waals surface area contributed by atoms with Crippen molar-refractivity contribution in [3.8, 4) is 0 Å². The van der Waals surface area contributed by atoms with Crippen LogP contribution in [-0.4, -0.2) is 34.3 Å². The van der Waals surface area contributed by atoms with Crippen LogP contribution in [0.15, 0.2) is 66.7 Å². The van der Waals surface area contributed by atoms with Gasteiger partial charge in [0.1, 0.15) is 0 Å². The van der Waals surface area contributed by atoms with Crippen LogP contribution in [0.4, 0.5) is 5.69 Å². The van der Waals surface area contributed by atoms with Gasteiger partial charge in [0, 0.05) is 11.4 Å². The molecule has 29 heavy (non-hydrogen) atoms. The first kappa shape index (κ1) is 16.9. The lowest BCUT2D eigenvalue weighted by atomic mass is 9.86. The van der Waals surface area contributed by atoms with Crippen molar-refractivity contribution in [2.45, 2.75) is 24.9 Å². The summed E-state index contributed by atoms with van der Waals surface area (Å²) in [4.78, 5) is 35.6. The van der Waals surface area contributed by atoms with E-state index in [1.54, 1.807) is 0 Å². The largest absolute Gasteiger partial charge is 0.290 e. The molecule has 5 heteroatoms. The molecule has 0 radical (unpaired) electrons. The van der Waals surface area contributed by atoms with E-state index in [4.69, 9.17) is 4.98 Å². The van der Waals surface area contributed by atoms with Gasteiger partial charge < -0.3 is 0 Å². The van der Waals surface area contributed by atoms with Crippen LogP contribution in [0, 0.1) is 11.8 Å². The maximum Gasteiger partial charge on any atom is 0.239 e. The van der Waals surface area contributed by atoms with E-state index in [0.29, 0.717) is 5.69 Å². The van der Waals surface area contributed by atoms with Gasteiger partial charge >= 0.3 is 0 Å². The van der Waals surface area contributed by atoms with Crippen LogP contribution >= 0.6 is 0 Å². The summed E-state index contributed by atoms with van der Waals surface area (Å²) < 4.78 is 0. The molecule has 0 spiro atoms. The number of aromatic nitrogens is 1. The van der Waals surface area contributed by atoms with Gasteiger partial charge in [0.05, 0.1) is 34.8 Å². The molecule has 3 aliphatic heterocycles. The van der Waals surface area contributed by atoms with E-state index in [0.717, 1.165) is 36.0 Å². The molecule has 0 saturated carbocycles. The summed E-state index contributed by atoms with van der Waals surface area (Å²) in [7, 11) is 0. The van der Waals surface area contributed by atoms with Gasteiger partial charge in [-0.05, 0) is 43.7 Å². The number of rotatable bonds is 2. The summed E-state index contributed by atoms with van der Waals surface area (Å²) in [6.07, 6.45) is 2.03. The Balaban J connectivity index is 1.46. The van der Waals surface area contributed by atoms with Crippen LogP contribution in [0.3, 0.4) is 0 Å². The topological polar surface area (TPSA) is 53.5 Å². The van der Waals surface area contributed by atoms with Gasteiger partial charge in [-0.15, -0.1) is 0 Å². The molecule has 3 saturated heterocycles. The predicted molar refractivity (Wildman–Crippen MR) is 110 cm³/mol. The number of para-hydroxylation sites is 2. The second kappa shape index (κ2) is 6.22. The minimum absolute atomic E-state index is 0.0496. The Morgan fingerprint density at radius 3 is 2.45 bits per heavy atom. The number of anilines is 1. The number of fused-ring (bicyclic) bond motifs is 4. The maximum atomic E-state index is 13.5. The Morgan fingerprint density at radius 2 is 1.59 bits per heavy atom. The predicted octanol–water partition coefficient (Wildman–Crippen LogP) is 3.56. The molecule has 1 aromatic heterocycles. The van der Waals surface area contributed by atoms with E-state index in [-0.39, 0.29) is 35.7 Å². The van der Waals surface area contributed by atoms with Crippen molar-refractivity contribution in [3.63, 3.8) is 0 Å². The number of imide groups is 1. The highest BCUT2D eigenvalue weighted by Crippen LogP contribution is 2.53. The second-order valence-electron chi connectivity index (χ2n) is 8.22. The molecule has 144 valence electrons. The van der Waals surface area contributed by atoms with Crippen LogP contribution in [0.1, 0.15) is 24.6 Å². The molecule has 0 bridgehead atoms. The molecule has 2 aromatic carbocycles. The number of benzene rings is 2. The Hall–Kier alpha value is -3.05.